The molecule has 12 rings (SSSR count). The molecule has 0 unspecified atom stereocenters. The van der Waals surface area contributed by atoms with E-state index >= 15 is 0 Å². The normalized spacial score (nSPS) is 13.4. The Morgan fingerprint density at radius 1 is 0.302 bits per heavy atom. The lowest BCUT2D eigenvalue weighted by atomic mass is 9.70. The highest BCUT2D eigenvalue weighted by Gasteiger charge is 2.51. The van der Waals surface area contributed by atoms with Crippen molar-refractivity contribution in [2.75, 3.05) is 0 Å². The third kappa shape index (κ3) is 3.77. The molecule has 0 N–H and O–H groups in total. The van der Waals surface area contributed by atoms with E-state index in [0.29, 0.717) is 0 Å². The number of nitrogens with zero attached hydrogens (tertiary/aromatic N) is 2. The summed E-state index contributed by atoms with van der Waals surface area (Å²) in [7, 11) is 0. The molecule has 244 valence electrons. The summed E-state index contributed by atoms with van der Waals surface area (Å²) in [5.41, 5.74) is 16.9. The first-order chi connectivity index (χ1) is 26.3. The predicted octanol–water partition coefficient (Wildman–Crippen LogP) is 12.8. The van der Waals surface area contributed by atoms with Crippen molar-refractivity contribution in [1.82, 2.24) is 9.97 Å². The van der Waals surface area contributed by atoms with Crippen LogP contribution in [0.1, 0.15) is 22.3 Å². The molecule has 0 bridgehead atoms. The van der Waals surface area contributed by atoms with Crippen LogP contribution in [0.25, 0.3) is 87.9 Å². The molecular weight excluding hydrogens is 641 g/mol. The van der Waals surface area contributed by atoms with Gasteiger partial charge < -0.3 is 0 Å². The quantitative estimate of drug-likeness (QED) is 0.171. The minimum atomic E-state index is -0.486. The Balaban J connectivity index is 1.17. The number of benzene rings is 8. The van der Waals surface area contributed by atoms with Crippen molar-refractivity contribution in [3.05, 3.63) is 205 Å². The topological polar surface area (TPSA) is 25.8 Å². The van der Waals surface area contributed by atoms with Crippen LogP contribution < -0.4 is 0 Å². The molecule has 0 amide bonds. The smallest absolute Gasteiger partial charge is 0.0786 e. The summed E-state index contributed by atoms with van der Waals surface area (Å²) in [4.78, 5) is 9.81. The van der Waals surface area contributed by atoms with Gasteiger partial charge in [-0.2, -0.15) is 0 Å². The molecule has 2 aliphatic carbocycles. The third-order valence-corrected chi connectivity index (χ3v) is 11.9. The molecule has 2 aliphatic rings. The molecule has 2 heterocycles. The van der Waals surface area contributed by atoms with Gasteiger partial charge in [0.1, 0.15) is 0 Å². The summed E-state index contributed by atoms with van der Waals surface area (Å²) < 4.78 is 0. The second-order valence-electron chi connectivity index (χ2n) is 14.5. The molecule has 1 spiro atoms. The van der Waals surface area contributed by atoms with Gasteiger partial charge in [0.05, 0.1) is 16.4 Å². The van der Waals surface area contributed by atoms with Gasteiger partial charge in [0.25, 0.3) is 0 Å². The van der Waals surface area contributed by atoms with Gasteiger partial charge in [0, 0.05) is 33.9 Å². The summed E-state index contributed by atoms with van der Waals surface area (Å²) in [5.74, 6) is 0. The van der Waals surface area contributed by atoms with E-state index in [0.717, 1.165) is 21.8 Å². The zero-order chi connectivity index (χ0) is 34.7. The Morgan fingerprint density at radius 2 is 0.717 bits per heavy atom. The number of hydrogen-bond acceptors (Lipinski definition) is 2. The fourth-order valence-corrected chi connectivity index (χ4v) is 9.78. The van der Waals surface area contributed by atoms with Crippen molar-refractivity contribution >= 4 is 43.4 Å². The van der Waals surface area contributed by atoms with Crippen LogP contribution in [-0.4, -0.2) is 9.97 Å². The third-order valence-electron chi connectivity index (χ3n) is 11.9. The summed E-state index contributed by atoms with van der Waals surface area (Å²) in [5, 5.41) is 7.10. The van der Waals surface area contributed by atoms with Crippen LogP contribution in [-0.2, 0) is 5.41 Å². The van der Waals surface area contributed by atoms with Crippen LogP contribution >= 0.6 is 0 Å². The number of pyridine rings is 2. The van der Waals surface area contributed by atoms with Crippen molar-refractivity contribution in [3.63, 3.8) is 0 Å². The van der Waals surface area contributed by atoms with Crippen LogP contribution in [0.4, 0.5) is 0 Å². The average Bonchev–Trinajstić information content (AvgIpc) is 3.69. The van der Waals surface area contributed by atoms with E-state index in [1.165, 1.54) is 88.3 Å². The van der Waals surface area contributed by atoms with Gasteiger partial charge in [-0.15, -0.1) is 0 Å². The molecule has 2 nitrogen and oxygen atoms in total. The lowest BCUT2D eigenvalue weighted by molar-refractivity contribution is 0.794. The maximum Gasteiger partial charge on any atom is 0.0786 e. The molecule has 0 saturated heterocycles. The van der Waals surface area contributed by atoms with E-state index < -0.39 is 5.41 Å². The Kier molecular flexibility index (Phi) is 5.73. The van der Waals surface area contributed by atoms with Crippen LogP contribution in [0.2, 0.25) is 0 Å². The summed E-state index contributed by atoms with van der Waals surface area (Å²) in [6.07, 6.45) is 3.82. The maximum atomic E-state index is 4.91. The molecule has 2 aromatic heterocycles. The van der Waals surface area contributed by atoms with Crippen molar-refractivity contribution < 1.29 is 0 Å². The highest BCUT2D eigenvalue weighted by molar-refractivity contribution is 6.14. The highest BCUT2D eigenvalue weighted by Crippen LogP contribution is 2.63. The zero-order valence-electron chi connectivity index (χ0n) is 28.7. The summed E-state index contributed by atoms with van der Waals surface area (Å²) in [6.45, 7) is 0. The van der Waals surface area contributed by atoms with Gasteiger partial charge in [-0.1, -0.05) is 146 Å². The standard InChI is InChI=1S/C51H30N2/c1-3-17-43-39(13-1)40-14-2-4-18-44(40)51(43)45-29-35(37-15-5-9-31-19-21-33-11-7-27-52-49(33)47(31)37)23-25-41(45)42-26-24-36(30-46(42)51)38-16-6-10-32-20-22-34-12-8-28-53-50(34)48(32)38/h1-30H. The van der Waals surface area contributed by atoms with Crippen LogP contribution in [0, 0.1) is 0 Å². The molecule has 10 aromatic rings. The largest absolute Gasteiger partial charge is 0.256 e. The molecular formula is C51H30N2. The van der Waals surface area contributed by atoms with Gasteiger partial charge in [-0.25, -0.2) is 0 Å². The minimum absolute atomic E-state index is 0.486. The number of hydrogen-bond donors (Lipinski definition) is 0. The van der Waals surface area contributed by atoms with Gasteiger partial charge in [0.2, 0.25) is 0 Å². The van der Waals surface area contributed by atoms with Crippen LogP contribution in [0.3, 0.4) is 0 Å². The summed E-state index contributed by atoms with van der Waals surface area (Å²) in [6, 6.07) is 62.9. The van der Waals surface area contributed by atoms with E-state index in [1.807, 2.05) is 24.5 Å². The molecule has 0 saturated carbocycles. The highest BCUT2D eigenvalue weighted by atomic mass is 14.7. The fraction of sp³-hybridized carbons (Fsp3) is 0.0196. The molecule has 53 heavy (non-hydrogen) atoms. The predicted molar refractivity (Wildman–Crippen MR) is 219 cm³/mol. The fourth-order valence-electron chi connectivity index (χ4n) is 9.78. The lowest BCUT2D eigenvalue weighted by Crippen LogP contribution is -2.26. The molecule has 8 aromatic carbocycles. The first-order valence-electron chi connectivity index (χ1n) is 18.3. The molecule has 0 aliphatic heterocycles. The molecule has 0 radical (unpaired) electrons. The Hall–Kier alpha value is -6.90. The summed E-state index contributed by atoms with van der Waals surface area (Å²) >= 11 is 0. The second-order valence-corrected chi connectivity index (χ2v) is 14.5. The number of aromatic nitrogens is 2. The van der Waals surface area contributed by atoms with Crippen LogP contribution in [0.15, 0.2) is 182 Å². The van der Waals surface area contributed by atoms with Crippen LogP contribution in [0.5, 0.6) is 0 Å². The van der Waals surface area contributed by atoms with Crippen molar-refractivity contribution in [2.24, 2.45) is 0 Å². The maximum absolute atomic E-state index is 4.91. The van der Waals surface area contributed by atoms with Gasteiger partial charge in [0.15, 0.2) is 0 Å². The Labute approximate surface area is 306 Å². The molecule has 0 atom stereocenters. The first-order valence-corrected chi connectivity index (χ1v) is 18.3. The lowest BCUT2D eigenvalue weighted by Gasteiger charge is -2.31. The minimum Gasteiger partial charge on any atom is -0.256 e. The van der Waals surface area contributed by atoms with Crippen molar-refractivity contribution in [2.45, 2.75) is 5.41 Å². The average molecular weight is 671 g/mol. The molecule has 2 heteroatoms. The van der Waals surface area contributed by atoms with Crippen molar-refractivity contribution in [3.8, 4) is 44.5 Å². The van der Waals surface area contributed by atoms with Crippen molar-refractivity contribution in [1.29, 1.82) is 0 Å². The van der Waals surface area contributed by atoms with E-state index in [4.69, 9.17) is 9.97 Å². The molecule has 0 fully saturated rings. The van der Waals surface area contributed by atoms with Gasteiger partial charge >= 0.3 is 0 Å². The van der Waals surface area contributed by atoms with E-state index in [-0.39, 0.29) is 0 Å². The number of fused-ring (bicyclic) bond motifs is 16. The monoisotopic (exact) mass is 670 g/mol. The SMILES string of the molecule is c1ccc2c(c1)-c1ccccc1C21c2cc(-c3cccc4ccc5cccnc5c34)ccc2-c2ccc(-c3cccc4ccc5cccnc5c34)cc21. The van der Waals surface area contributed by atoms with E-state index in [1.54, 1.807) is 0 Å². The van der Waals surface area contributed by atoms with Gasteiger partial charge in [-0.05, 0) is 102 Å². The Morgan fingerprint density at radius 3 is 1.23 bits per heavy atom. The second kappa shape index (κ2) is 10.6. The van der Waals surface area contributed by atoms with Gasteiger partial charge in [-0.3, -0.25) is 9.97 Å². The first kappa shape index (κ1) is 28.8. The number of rotatable bonds is 2. The van der Waals surface area contributed by atoms with E-state index in [2.05, 4.69) is 158 Å². The Bertz CT molecular complexity index is 2970. The van der Waals surface area contributed by atoms with E-state index in [9.17, 15) is 0 Å². The zero-order valence-corrected chi connectivity index (χ0v) is 28.7.